The molecule has 0 saturated heterocycles. The molecule has 3 unspecified atom stereocenters. The molecule has 0 amide bonds. The highest BCUT2D eigenvalue weighted by atomic mass is 15.1. The molecule has 0 bridgehead atoms. The summed E-state index contributed by atoms with van der Waals surface area (Å²) in [5, 5.41) is 6.92. The average molecular weight is 186 g/mol. The van der Waals surface area contributed by atoms with Gasteiger partial charge in [-0.2, -0.15) is 0 Å². The fourth-order valence-corrected chi connectivity index (χ4v) is 2.46. The number of benzene rings is 1. The molecule has 0 spiro atoms. The van der Waals surface area contributed by atoms with Crippen molar-refractivity contribution in [1.29, 1.82) is 0 Å². The minimum Gasteiger partial charge on any atom is -0.387 e. The van der Waals surface area contributed by atoms with Crippen LogP contribution in [0, 0.1) is 0 Å². The Morgan fingerprint density at radius 1 is 1.21 bits per heavy atom. The molecule has 72 valence electrons. The van der Waals surface area contributed by atoms with Gasteiger partial charge in [-0.05, 0) is 24.8 Å². The van der Waals surface area contributed by atoms with Gasteiger partial charge in [0.2, 0.25) is 0 Å². The van der Waals surface area contributed by atoms with Crippen molar-refractivity contribution in [1.82, 2.24) is 5.32 Å². The van der Waals surface area contributed by atoms with Gasteiger partial charge in [0.05, 0.1) is 6.04 Å². The van der Waals surface area contributed by atoms with E-state index in [4.69, 9.17) is 0 Å². The van der Waals surface area contributed by atoms with Crippen LogP contribution in [-0.2, 0) is 0 Å². The second-order valence-corrected chi connectivity index (χ2v) is 4.10. The van der Waals surface area contributed by atoms with Gasteiger partial charge in [-0.3, -0.25) is 0 Å². The summed E-state index contributed by atoms with van der Waals surface area (Å²) in [6.07, 6.45) is 4.33. The molecule has 0 saturated carbocycles. The Kier molecular flexibility index (Phi) is 1.57. The third-order valence-corrected chi connectivity index (χ3v) is 3.23. The minimum atomic E-state index is 0.498. The van der Waals surface area contributed by atoms with Crippen LogP contribution in [0.4, 0.5) is 5.69 Å². The van der Waals surface area contributed by atoms with Gasteiger partial charge in [-0.15, -0.1) is 0 Å². The van der Waals surface area contributed by atoms with Gasteiger partial charge in [0.15, 0.2) is 0 Å². The summed E-state index contributed by atoms with van der Waals surface area (Å²) in [7, 11) is 0. The fraction of sp³-hybridized carbons (Fsp3) is 0.333. The van der Waals surface area contributed by atoms with Crippen molar-refractivity contribution in [3.8, 4) is 0 Å². The lowest BCUT2D eigenvalue weighted by molar-refractivity contribution is 0.492. The molecule has 2 aliphatic heterocycles. The molecule has 3 atom stereocenters. The van der Waals surface area contributed by atoms with E-state index in [0.717, 1.165) is 0 Å². The van der Waals surface area contributed by atoms with Gasteiger partial charge >= 0.3 is 0 Å². The van der Waals surface area contributed by atoms with Crippen LogP contribution in [0.3, 0.4) is 0 Å². The van der Waals surface area contributed by atoms with Crippen molar-refractivity contribution in [2.24, 2.45) is 0 Å². The first kappa shape index (κ1) is 7.92. The van der Waals surface area contributed by atoms with Gasteiger partial charge in [-0.25, -0.2) is 0 Å². The quantitative estimate of drug-likeness (QED) is 0.648. The zero-order valence-corrected chi connectivity index (χ0v) is 8.20. The zero-order valence-electron chi connectivity index (χ0n) is 8.20. The molecule has 2 aliphatic rings. The Morgan fingerprint density at radius 3 is 3.00 bits per heavy atom. The van der Waals surface area contributed by atoms with Crippen molar-refractivity contribution < 1.29 is 0 Å². The summed E-state index contributed by atoms with van der Waals surface area (Å²) in [6.45, 7) is 2.22. The van der Waals surface area contributed by atoms with Crippen LogP contribution in [0.1, 0.15) is 18.4 Å². The Morgan fingerprint density at radius 2 is 2.07 bits per heavy atom. The maximum absolute atomic E-state index is 3.57. The summed E-state index contributed by atoms with van der Waals surface area (Å²) < 4.78 is 0. The number of anilines is 1. The molecular weight excluding hydrogens is 172 g/mol. The Labute approximate surface area is 84.0 Å². The van der Waals surface area contributed by atoms with Crippen LogP contribution in [0.5, 0.6) is 0 Å². The maximum Gasteiger partial charge on any atom is 0.0564 e. The summed E-state index contributed by atoms with van der Waals surface area (Å²) in [4.78, 5) is 0. The van der Waals surface area contributed by atoms with Crippen LogP contribution in [0.15, 0.2) is 36.5 Å². The van der Waals surface area contributed by atoms with Crippen LogP contribution in [0.2, 0.25) is 0 Å². The van der Waals surface area contributed by atoms with Crippen LogP contribution < -0.4 is 10.6 Å². The molecule has 2 heteroatoms. The van der Waals surface area contributed by atoms with Gasteiger partial charge in [0, 0.05) is 17.6 Å². The molecule has 0 aliphatic carbocycles. The number of fused-ring (bicyclic) bond motifs is 3. The average Bonchev–Trinajstić information content (AvgIpc) is 2.59. The highest BCUT2D eigenvalue weighted by molar-refractivity contribution is 5.61. The highest BCUT2D eigenvalue weighted by Crippen LogP contribution is 2.39. The smallest absolute Gasteiger partial charge is 0.0564 e. The largest absolute Gasteiger partial charge is 0.387 e. The summed E-state index contributed by atoms with van der Waals surface area (Å²) in [6, 6.07) is 9.59. The summed E-state index contributed by atoms with van der Waals surface area (Å²) in [5.41, 5.74) is 2.73. The van der Waals surface area contributed by atoms with Crippen molar-refractivity contribution in [3.05, 3.63) is 42.1 Å². The zero-order chi connectivity index (χ0) is 9.54. The van der Waals surface area contributed by atoms with Gasteiger partial charge in [-0.1, -0.05) is 24.3 Å². The van der Waals surface area contributed by atoms with Crippen molar-refractivity contribution in [2.75, 3.05) is 5.32 Å². The molecule has 14 heavy (non-hydrogen) atoms. The van der Waals surface area contributed by atoms with E-state index in [1.165, 1.54) is 11.3 Å². The van der Waals surface area contributed by atoms with Gasteiger partial charge in [0.1, 0.15) is 0 Å². The third-order valence-electron chi connectivity index (χ3n) is 3.23. The molecular formula is C12H14N2. The second kappa shape index (κ2) is 2.77. The SMILES string of the molecule is CC1NC=CC2c3ccccc3NC12. The predicted molar refractivity (Wildman–Crippen MR) is 58.3 cm³/mol. The lowest BCUT2D eigenvalue weighted by atomic mass is 9.89. The van der Waals surface area contributed by atoms with Crippen LogP contribution in [-0.4, -0.2) is 12.1 Å². The second-order valence-electron chi connectivity index (χ2n) is 4.10. The lowest BCUT2D eigenvalue weighted by Gasteiger charge is -2.28. The predicted octanol–water partition coefficient (Wildman–Crippen LogP) is 2.07. The molecule has 0 aromatic heterocycles. The Balaban J connectivity index is 2.07. The Bertz CT molecular complexity index is 384. The van der Waals surface area contributed by atoms with Crippen LogP contribution in [0.25, 0.3) is 0 Å². The first-order chi connectivity index (χ1) is 6.86. The number of para-hydroxylation sites is 1. The Hall–Kier alpha value is -1.44. The van der Waals surface area contributed by atoms with E-state index in [2.05, 4.69) is 54.1 Å². The molecule has 3 rings (SSSR count). The molecule has 2 heterocycles. The standard InChI is InChI=1S/C12H14N2/c1-8-12-10(6-7-13-8)9-4-2-3-5-11(9)14-12/h2-8,10,12-14H,1H3. The van der Waals surface area contributed by atoms with Crippen molar-refractivity contribution in [2.45, 2.75) is 24.9 Å². The van der Waals surface area contributed by atoms with E-state index in [-0.39, 0.29) is 0 Å². The first-order valence-electron chi connectivity index (χ1n) is 5.14. The topological polar surface area (TPSA) is 24.1 Å². The van der Waals surface area contributed by atoms with E-state index in [1.807, 2.05) is 0 Å². The van der Waals surface area contributed by atoms with Gasteiger partial charge in [0.25, 0.3) is 0 Å². The van der Waals surface area contributed by atoms with Gasteiger partial charge < -0.3 is 10.6 Å². The normalized spacial score (nSPS) is 32.8. The third kappa shape index (κ3) is 0.969. The van der Waals surface area contributed by atoms with Crippen molar-refractivity contribution in [3.63, 3.8) is 0 Å². The van der Waals surface area contributed by atoms with Crippen molar-refractivity contribution >= 4 is 5.69 Å². The number of hydrogen-bond acceptors (Lipinski definition) is 2. The summed E-state index contributed by atoms with van der Waals surface area (Å²) in [5.74, 6) is 0.544. The molecule has 0 radical (unpaired) electrons. The summed E-state index contributed by atoms with van der Waals surface area (Å²) >= 11 is 0. The fourth-order valence-electron chi connectivity index (χ4n) is 2.46. The molecule has 2 N–H and O–H groups in total. The minimum absolute atomic E-state index is 0.498. The van der Waals surface area contributed by atoms with Crippen LogP contribution >= 0.6 is 0 Å². The van der Waals surface area contributed by atoms with E-state index in [0.29, 0.717) is 18.0 Å². The molecule has 1 aromatic carbocycles. The highest BCUT2D eigenvalue weighted by Gasteiger charge is 2.35. The molecule has 0 fully saturated rings. The maximum atomic E-state index is 3.57. The number of hydrogen-bond donors (Lipinski definition) is 2. The first-order valence-corrected chi connectivity index (χ1v) is 5.14. The molecule has 1 aromatic rings. The van der Waals surface area contributed by atoms with E-state index >= 15 is 0 Å². The number of rotatable bonds is 0. The van der Waals surface area contributed by atoms with E-state index in [1.54, 1.807) is 0 Å². The van der Waals surface area contributed by atoms with E-state index < -0.39 is 0 Å². The molecule has 2 nitrogen and oxygen atoms in total. The monoisotopic (exact) mass is 186 g/mol. The lowest BCUT2D eigenvalue weighted by Crippen LogP contribution is -2.42. The number of nitrogens with one attached hydrogen (secondary N) is 2. The van der Waals surface area contributed by atoms with E-state index in [9.17, 15) is 0 Å².